The molecule has 7 heavy (non-hydrogen) atoms. The zero-order valence-corrected chi connectivity index (χ0v) is 7.92. The van der Waals surface area contributed by atoms with Crippen LogP contribution in [0.25, 0.3) is 0 Å². The summed E-state index contributed by atoms with van der Waals surface area (Å²) in [5.74, 6) is 0. The summed E-state index contributed by atoms with van der Waals surface area (Å²) in [7, 11) is 0. The summed E-state index contributed by atoms with van der Waals surface area (Å²) in [4.78, 5) is 0. The van der Waals surface area contributed by atoms with Gasteiger partial charge >= 0.3 is 55.7 Å². The SMILES string of the molecule is CC=C(C)[C](C)=[W]. The predicted molar refractivity (Wildman–Crippen MR) is 30.1 cm³/mol. The Hall–Kier alpha value is 0.298. The van der Waals surface area contributed by atoms with Crippen LogP contribution in [0.15, 0.2) is 11.6 Å². The van der Waals surface area contributed by atoms with Crippen molar-refractivity contribution in [2.75, 3.05) is 0 Å². The monoisotopic (exact) mass is 266 g/mol. The molecule has 0 N–H and O–H groups in total. The average Bonchev–Trinajstić information content (AvgIpc) is 1.65. The van der Waals surface area contributed by atoms with Crippen LogP contribution in [0.4, 0.5) is 0 Å². The normalized spacial score (nSPS) is 11.6. The Balaban J connectivity index is 3.82. The molecule has 0 atom stereocenters. The Kier molecular flexibility index (Phi) is 3.46. The Labute approximate surface area is 56.0 Å². The summed E-state index contributed by atoms with van der Waals surface area (Å²) in [6, 6.07) is 0. The standard InChI is InChI=1S/C6H10.W/c1-4-6(3)5-2;/h4H,1-3H3;. The molecule has 0 bridgehead atoms. The van der Waals surface area contributed by atoms with E-state index in [9.17, 15) is 0 Å². The van der Waals surface area contributed by atoms with Crippen LogP contribution in [0.2, 0.25) is 0 Å². The Bertz CT molecular complexity index is 101. The second-order valence-corrected chi connectivity index (χ2v) is 3.73. The fourth-order valence-corrected chi connectivity index (χ4v) is 0.627. The van der Waals surface area contributed by atoms with Crippen LogP contribution in [0.3, 0.4) is 0 Å². The van der Waals surface area contributed by atoms with Crippen LogP contribution in [-0.2, 0) is 19.4 Å². The first-order valence-corrected chi connectivity index (χ1v) is 3.79. The van der Waals surface area contributed by atoms with Gasteiger partial charge in [-0.15, -0.1) is 0 Å². The predicted octanol–water partition coefficient (Wildman–Crippen LogP) is 1.69. The van der Waals surface area contributed by atoms with Crippen molar-refractivity contribution in [3.63, 3.8) is 0 Å². The van der Waals surface area contributed by atoms with E-state index < -0.39 is 0 Å². The Morgan fingerprint density at radius 2 is 1.86 bits per heavy atom. The van der Waals surface area contributed by atoms with E-state index in [1.165, 1.54) is 9.47 Å². The van der Waals surface area contributed by atoms with Gasteiger partial charge in [-0.2, -0.15) is 0 Å². The molecule has 0 aromatic heterocycles. The molecule has 0 nitrogen and oxygen atoms in total. The third-order valence-corrected chi connectivity index (χ3v) is 2.15. The van der Waals surface area contributed by atoms with Gasteiger partial charge in [-0.1, -0.05) is 0 Å². The summed E-state index contributed by atoms with van der Waals surface area (Å²) in [6.45, 7) is 6.37. The van der Waals surface area contributed by atoms with Gasteiger partial charge in [0.05, 0.1) is 0 Å². The first-order valence-electron chi connectivity index (χ1n) is 2.32. The van der Waals surface area contributed by atoms with E-state index >= 15 is 0 Å². The molecule has 0 aromatic carbocycles. The molecule has 0 unspecified atom stereocenters. The second kappa shape index (κ2) is 3.32. The number of hydrogen-bond acceptors (Lipinski definition) is 0. The summed E-state index contributed by atoms with van der Waals surface area (Å²) < 4.78 is 1.49. The first-order chi connectivity index (χ1) is 3.18. The molecule has 0 fully saturated rings. The molecule has 0 heterocycles. The van der Waals surface area contributed by atoms with Crippen molar-refractivity contribution >= 4 is 3.90 Å². The molecule has 40 valence electrons. The topological polar surface area (TPSA) is 0 Å². The summed E-state index contributed by atoms with van der Waals surface area (Å²) in [5.41, 5.74) is 1.43. The van der Waals surface area contributed by atoms with Crippen molar-refractivity contribution in [2.24, 2.45) is 0 Å². The Morgan fingerprint density at radius 3 is 1.86 bits per heavy atom. The van der Waals surface area contributed by atoms with Gasteiger partial charge in [0.1, 0.15) is 0 Å². The number of hydrogen-bond donors (Lipinski definition) is 0. The quantitative estimate of drug-likeness (QED) is 0.677. The van der Waals surface area contributed by atoms with E-state index in [2.05, 4.69) is 26.8 Å². The minimum absolute atomic E-state index is 1.43. The van der Waals surface area contributed by atoms with Gasteiger partial charge in [-0.25, -0.2) is 0 Å². The molecule has 0 aliphatic rings. The van der Waals surface area contributed by atoms with Crippen LogP contribution in [0, 0.1) is 0 Å². The third kappa shape index (κ3) is 2.93. The molecule has 0 spiro atoms. The number of allylic oxidation sites excluding steroid dienone is 2. The molecular weight excluding hydrogens is 256 g/mol. The third-order valence-electron chi connectivity index (χ3n) is 0.988. The number of rotatable bonds is 1. The van der Waals surface area contributed by atoms with Crippen molar-refractivity contribution in [2.45, 2.75) is 20.8 Å². The molecule has 0 rings (SSSR count). The van der Waals surface area contributed by atoms with Crippen molar-refractivity contribution in [3.05, 3.63) is 11.6 Å². The molecular formula is C6H10W. The van der Waals surface area contributed by atoms with Crippen LogP contribution >= 0.6 is 0 Å². The molecule has 0 aliphatic carbocycles. The van der Waals surface area contributed by atoms with Gasteiger partial charge < -0.3 is 0 Å². The van der Waals surface area contributed by atoms with Crippen LogP contribution in [0.1, 0.15) is 20.8 Å². The minimum atomic E-state index is 1.43. The van der Waals surface area contributed by atoms with Gasteiger partial charge in [0, 0.05) is 0 Å². The molecule has 0 saturated heterocycles. The first kappa shape index (κ1) is 7.30. The maximum atomic E-state index is 2.16. The van der Waals surface area contributed by atoms with E-state index in [0.717, 1.165) is 0 Å². The van der Waals surface area contributed by atoms with E-state index in [1.54, 1.807) is 19.4 Å². The second-order valence-electron chi connectivity index (χ2n) is 1.53. The Morgan fingerprint density at radius 1 is 1.43 bits per heavy atom. The summed E-state index contributed by atoms with van der Waals surface area (Å²) >= 11 is 1.57. The molecule has 0 aromatic rings. The van der Waals surface area contributed by atoms with Gasteiger partial charge in [0.25, 0.3) is 0 Å². The summed E-state index contributed by atoms with van der Waals surface area (Å²) in [5, 5.41) is 0. The maximum absolute atomic E-state index is 2.16. The van der Waals surface area contributed by atoms with E-state index in [4.69, 9.17) is 0 Å². The average molecular weight is 266 g/mol. The molecule has 0 aliphatic heterocycles. The van der Waals surface area contributed by atoms with Crippen LogP contribution < -0.4 is 0 Å². The van der Waals surface area contributed by atoms with Crippen molar-refractivity contribution < 1.29 is 19.4 Å². The van der Waals surface area contributed by atoms with Gasteiger partial charge in [-0.3, -0.25) is 0 Å². The molecule has 1 heteroatoms. The van der Waals surface area contributed by atoms with E-state index in [0.29, 0.717) is 0 Å². The zero-order chi connectivity index (χ0) is 5.86. The van der Waals surface area contributed by atoms with Crippen LogP contribution in [0.5, 0.6) is 0 Å². The molecule has 0 saturated carbocycles. The molecule has 0 amide bonds. The molecule has 0 radical (unpaired) electrons. The van der Waals surface area contributed by atoms with E-state index in [1.807, 2.05) is 0 Å². The van der Waals surface area contributed by atoms with E-state index in [-0.39, 0.29) is 0 Å². The zero-order valence-electron chi connectivity index (χ0n) is 4.99. The van der Waals surface area contributed by atoms with Gasteiger partial charge in [0.2, 0.25) is 0 Å². The van der Waals surface area contributed by atoms with Crippen molar-refractivity contribution in [1.82, 2.24) is 0 Å². The van der Waals surface area contributed by atoms with Crippen molar-refractivity contribution in [3.8, 4) is 0 Å². The fourth-order valence-electron chi connectivity index (χ4n) is 0.203. The van der Waals surface area contributed by atoms with Gasteiger partial charge in [-0.05, 0) is 0 Å². The fraction of sp³-hybridized carbons (Fsp3) is 0.500. The van der Waals surface area contributed by atoms with Gasteiger partial charge in [0.15, 0.2) is 0 Å². The van der Waals surface area contributed by atoms with Crippen molar-refractivity contribution in [1.29, 1.82) is 0 Å². The summed E-state index contributed by atoms with van der Waals surface area (Å²) in [6.07, 6.45) is 2.14. The van der Waals surface area contributed by atoms with Crippen LogP contribution in [-0.4, -0.2) is 3.90 Å².